The molecule has 0 heterocycles. The molecule has 0 bridgehead atoms. The van der Waals surface area contributed by atoms with E-state index < -0.39 is 6.04 Å². The first kappa shape index (κ1) is 13.8. The van der Waals surface area contributed by atoms with Gasteiger partial charge in [0.05, 0.1) is 12.5 Å². The molecule has 1 atom stereocenters. The van der Waals surface area contributed by atoms with E-state index in [0.717, 1.165) is 0 Å². The second kappa shape index (κ2) is 7.12. The molecule has 0 saturated carbocycles. The zero-order valence-corrected chi connectivity index (χ0v) is 9.75. The van der Waals surface area contributed by atoms with Crippen molar-refractivity contribution in [1.29, 1.82) is 5.26 Å². The quantitative estimate of drug-likeness (QED) is 0.641. The zero-order chi connectivity index (χ0) is 11.8. The molecule has 0 aromatic heterocycles. The molecule has 84 valence electrons. The van der Waals surface area contributed by atoms with Crippen molar-refractivity contribution >= 4 is 24.4 Å². The first-order valence-corrected chi connectivity index (χ1v) is 5.16. The van der Waals surface area contributed by atoms with Gasteiger partial charge >= 0.3 is 0 Å². The van der Waals surface area contributed by atoms with Crippen molar-refractivity contribution < 1.29 is 9.59 Å². The van der Waals surface area contributed by atoms with Gasteiger partial charge in [-0.1, -0.05) is 0 Å². The number of rotatable bonds is 5. The lowest BCUT2D eigenvalue weighted by molar-refractivity contribution is -0.134. The van der Waals surface area contributed by atoms with Gasteiger partial charge in [-0.3, -0.25) is 9.59 Å². The van der Waals surface area contributed by atoms with Crippen LogP contribution in [0.5, 0.6) is 0 Å². The van der Waals surface area contributed by atoms with Crippen molar-refractivity contribution in [2.45, 2.75) is 19.4 Å². The van der Waals surface area contributed by atoms with Crippen LogP contribution in [0, 0.1) is 11.3 Å². The second-order valence-corrected chi connectivity index (χ2v) is 3.47. The van der Waals surface area contributed by atoms with Crippen molar-refractivity contribution in [1.82, 2.24) is 10.2 Å². The minimum absolute atomic E-state index is 0.226. The van der Waals surface area contributed by atoms with Crippen molar-refractivity contribution in [2.75, 3.05) is 19.3 Å². The minimum atomic E-state index is -0.616. The van der Waals surface area contributed by atoms with Crippen LogP contribution in [-0.4, -0.2) is 42.1 Å². The highest BCUT2D eigenvalue weighted by molar-refractivity contribution is 7.80. The first-order chi connectivity index (χ1) is 7.02. The number of hydrogen-bond acceptors (Lipinski definition) is 4. The maximum Gasteiger partial charge on any atom is 0.245 e. The molecule has 0 aromatic rings. The van der Waals surface area contributed by atoms with Crippen molar-refractivity contribution in [3.05, 3.63) is 0 Å². The highest BCUT2D eigenvalue weighted by Crippen LogP contribution is 1.96. The standard InChI is InChI=1S/C9H15N3O2S/c1-7(13)11-8(6-15)9(14)12(2)5-3-4-10/h8,15H,3,5-6H2,1-2H3,(H,11,13). The van der Waals surface area contributed by atoms with Crippen molar-refractivity contribution in [2.24, 2.45) is 0 Å². The molecule has 0 aromatic carbocycles. The fourth-order valence-corrected chi connectivity index (χ4v) is 1.27. The van der Waals surface area contributed by atoms with E-state index >= 15 is 0 Å². The van der Waals surface area contributed by atoms with E-state index in [-0.39, 0.29) is 24.0 Å². The Bertz CT molecular complexity index is 275. The van der Waals surface area contributed by atoms with E-state index in [9.17, 15) is 9.59 Å². The first-order valence-electron chi connectivity index (χ1n) is 4.52. The maximum atomic E-state index is 11.7. The number of carbonyl (C=O) groups is 2. The molecule has 6 heteroatoms. The molecule has 2 amide bonds. The lowest BCUT2D eigenvalue weighted by Gasteiger charge is -2.22. The van der Waals surface area contributed by atoms with Gasteiger partial charge in [0, 0.05) is 26.3 Å². The molecule has 0 aliphatic heterocycles. The molecule has 0 aliphatic carbocycles. The van der Waals surface area contributed by atoms with Crippen LogP contribution in [0.1, 0.15) is 13.3 Å². The fraction of sp³-hybridized carbons (Fsp3) is 0.667. The number of nitriles is 1. The van der Waals surface area contributed by atoms with E-state index in [2.05, 4.69) is 17.9 Å². The SMILES string of the molecule is CC(=O)NC(CS)C(=O)N(C)CCC#N. The maximum absolute atomic E-state index is 11.7. The molecular weight excluding hydrogens is 214 g/mol. The predicted molar refractivity (Wildman–Crippen MR) is 59.3 cm³/mol. The van der Waals surface area contributed by atoms with E-state index in [1.165, 1.54) is 11.8 Å². The summed E-state index contributed by atoms with van der Waals surface area (Å²) in [7, 11) is 1.60. The highest BCUT2D eigenvalue weighted by atomic mass is 32.1. The average Bonchev–Trinajstić information content (AvgIpc) is 2.21. The summed E-state index contributed by atoms with van der Waals surface area (Å²) in [5, 5.41) is 10.9. The monoisotopic (exact) mass is 229 g/mol. The molecule has 15 heavy (non-hydrogen) atoms. The van der Waals surface area contributed by atoms with E-state index in [1.54, 1.807) is 7.05 Å². The molecule has 0 spiro atoms. The normalized spacial score (nSPS) is 11.3. The van der Waals surface area contributed by atoms with Gasteiger partial charge in [0.25, 0.3) is 0 Å². The summed E-state index contributed by atoms with van der Waals surface area (Å²) >= 11 is 3.99. The van der Waals surface area contributed by atoms with E-state index in [0.29, 0.717) is 6.54 Å². The summed E-state index contributed by atoms with van der Waals surface area (Å²) in [5.41, 5.74) is 0. The van der Waals surface area contributed by atoms with Gasteiger partial charge in [-0.15, -0.1) is 0 Å². The summed E-state index contributed by atoms with van der Waals surface area (Å²) < 4.78 is 0. The molecule has 0 saturated heterocycles. The van der Waals surface area contributed by atoms with Crippen LogP contribution in [0.3, 0.4) is 0 Å². The second-order valence-electron chi connectivity index (χ2n) is 3.10. The molecule has 1 N–H and O–H groups in total. The van der Waals surface area contributed by atoms with Crippen LogP contribution >= 0.6 is 12.6 Å². The number of nitrogens with one attached hydrogen (secondary N) is 1. The highest BCUT2D eigenvalue weighted by Gasteiger charge is 2.20. The number of thiol groups is 1. The third-order valence-corrected chi connectivity index (χ3v) is 2.16. The van der Waals surface area contributed by atoms with Crippen LogP contribution in [0.25, 0.3) is 0 Å². The summed E-state index contributed by atoms with van der Waals surface area (Å²) in [6.07, 6.45) is 0.279. The molecule has 1 unspecified atom stereocenters. The van der Waals surface area contributed by atoms with Crippen LogP contribution in [-0.2, 0) is 9.59 Å². The fourth-order valence-electron chi connectivity index (χ4n) is 1.02. The Hall–Kier alpha value is -1.22. The van der Waals surface area contributed by atoms with Gasteiger partial charge in [0.15, 0.2) is 0 Å². The lowest BCUT2D eigenvalue weighted by atomic mass is 10.2. The molecule has 0 aliphatic rings. The Morgan fingerprint density at radius 3 is 2.60 bits per heavy atom. The van der Waals surface area contributed by atoms with E-state index in [4.69, 9.17) is 5.26 Å². The van der Waals surface area contributed by atoms with Crippen LogP contribution in [0.2, 0.25) is 0 Å². The Morgan fingerprint density at radius 2 is 2.20 bits per heavy atom. The van der Waals surface area contributed by atoms with Gasteiger partial charge in [-0.05, 0) is 0 Å². The van der Waals surface area contributed by atoms with Gasteiger partial charge < -0.3 is 10.2 Å². The largest absolute Gasteiger partial charge is 0.344 e. The van der Waals surface area contributed by atoms with Gasteiger partial charge in [-0.25, -0.2) is 0 Å². The third-order valence-electron chi connectivity index (χ3n) is 1.79. The Morgan fingerprint density at radius 1 is 1.60 bits per heavy atom. The van der Waals surface area contributed by atoms with E-state index in [1.807, 2.05) is 6.07 Å². The zero-order valence-electron chi connectivity index (χ0n) is 8.86. The summed E-state index contributed by atoms with van der Waals surface area (Å²) in [6, 6.07) is 1.33. The number of likely N-dealkylation sites (N-methyl/N-ethyl adjacent to an activating group) is 1. The topological polar surface area (TPSA) is 73.2 Å². The molecule has 0 radical (unpaired) electrons. The number of carbonyl (C=O) groups excluding carboxylic acids is 2. The minimum Gasteiger partial charge on any atom is -0.344 e. The molecule has 0 fully saturated rings. The van der Waals surface area contributed by atoms with Crippen molar-refractivity contribution in [3.8, 4) is 6.07 Å². The predicted octanol–water partition coefficient (Wildman–Crippen LogP) is -0.207. The number of nitrogens with zero attached hydrogens (tertiary/aromatic N) is 2. The Labute approximate surface area is 94.8 Å². The summed E-state index contributed by atoms with van der Waals surface area (Å²) in [6.45, 7) is 1.71. The number of amides is 2. The Balaban J connectivity index is 4.25. The van der Waals surface area contributed by atoms with Crippen LogP contribution < -0.4 is 5.32 Å². The molecular formula is C9H15N3O2S. The summed E-state index contributed by atoms with van der Waals surface area (Å²) in [4.78, 5) is 23.9. The summed E-state index contributed by atoms with van der Waals surface area (Å²) in [5.74, 6) is -0.249. The van der Waals surface area contributed by atoms with Gasteiger partial charge in [0.1, 0.15) is 6.04 Å². The van der Waals surface area contributed by atoms with Crippen molar-refractivity contribution in [3.63, 3.8) is 0 Å². The smallest absolute Gasteiger partial charge is 0.245 e. The number of hydrogen-bond donors (Lipinski definition) is 2. The van der Waals surface area contributed by atoms with Gasteiger partial charge in [-0.2, -0.15) is 17.9 Å². The average molecular weight is 229 g/mol. The third kappa shape index (κ3) is 5.27. The van der Waals surface area contributed by atoms with Crippen LogP contribution in [0.15, 0.2) is 0 Å². The van der Waals surface area contributed by atoms with Crippen LogP contribution in [0.4, 0.5) is 0 Å². The molecule has 0 rings (SSSR count). The van der Waals surface area contributed by atoms with Gasteiger partial charge in [0.2, 0.25) is 11.8 Å². The molecule has 5 nitrogen and oxygen atoms in total. The Kier molecular flexibility index (Phi) is 6.54. The lowest BCUT2D eigenvalue weighted by Crippen LogP contribution is -2.48.